The SMILES string of the molecule is CCCOc1cccc(C(=O)N2CCCCC2CCO)c1. The molecule has 0 bridgehead atoms. The molecule has 116 valence electrons. The summed E-state index contributed by atoms with van der Waals surface area (Å²) < 4.78 is 5.60. The predicted octanol–water partition coefficient (Wildman–Crippen LogP) is 2.85. The zero-order chi connectivity index (χ0) is 15.1. The zero-order valence-electron chi connectivity index (χ0n) is 12.8. The molecule has 1 heterocycles. The largest absolute Gasteiger partial charge is 0.494 e. The Bertz CT molecular complexity index is 459. The van der Waals surface area contributed by atoms with E-state index in [9.17, 15) is 9.90 Å². The minimum Gasteiger partial charge on any atom is -0.494 e. The Labute approximate surface area is 126 Å². The minimum atomic E-state index is 0.0510. The molecule has 1 saturated heterocycles. The maximum absolute atomic E-state index is 12.7. The van der Waals surface area contributed by atoms with Gasteiger partial charge >= 0.3 is 0 Å². The van der Waals surface area contributed by atoms with Crippen LogP contribution < -0.4 is 4.74 Å². The first-order valence-electron chi connectivity index (χ1n) is 7.91. The van der Waals surface area contributed by atoms with Crippen LogP contribution >= 0.6 is 0 Å². The van der Waals surface area contributed by atoms with Crippen LogP contribution in [0.5, 0.6) is 5.75 Å². The molecular weight excluding hydrogens is 266 g/mol. The van der Waals surface area contributed by atoms with E-state index in [0.717, 1.165) is 38.0 Å². The number of benzene rings is 1. The highest BCUT2D eigenvalue weighted by atomic mass is 16.5. The molecule has 2 rings (SSSR count). The van der Waals surface area contributed by atoms with Crippen LogP contribution in [0.2, 0.25) is 0 Å². The van der Waals surface area contributed by atoms with Gasteiger partial charge in [-0.1, -0.05) is 13.0 Å². The summed E-state index contributed by atoms with van der Waals surface area (Å²) in [6, 6.07) is 7.57. The van der Waals surface area contributed by atoms with Crippen molar-refractivity contribution in [2.45, 2.75) is 45.1 Å². The highest BCUT2D eigenvalue weighted by Crippen LogP contribution is 2.23. The number of hydrogen-bond donors (Lipinski definition) is 1. The van der Waals surface area contributed by atoms with Crippen molar-refractivity contribution < 1.29 is 14.6 Å². The standard InChI is InChI=1S/C17H25NO3/c1-2-12-21-16-8-5-6-14(13-16)17(20)18-10-4-3-7-15(18)9-11-19/h5-6,8,13,15,19H,2-4,7,9-12H2,1H3. The summed E-state index contributed by atoms with van der Waals surface area (Å²) in [5.74, 6) is 0.800. The second kappa shape index (κ2) is 8.03. The number of nitrogens with zero attached hydrogens (tertiary/aromatic N) is 1. The monoisotopic (exact) mass is 291 g/mol. The molecule has 1 aliphatic rings. The average Bonchev–Trinajstić information content (AvgIpc) is 2.53. The number of aliphatic hydroxyl groups is 1. The molecule has 1 N–H and O–H groups in total. The van der Waals surface area contributed by atoms with Gasteiger partial charge in [-0.25, -0.2) is 0 Å². The van der Waals surface area contributed by atoms with Crippen LogP contribution in [0.15, 0.2) is 24.3 Å². The number of hydrogen-bond acceptors (Lipinski definition) is 3. The van der Waals surface area contributed by atoms with E-state index in [1.807, 2.05) is 29.2 Å². The van der Waals surface area contributed by atoms with E-state index >= 15 is 0 Å². The van der Waals surface area contributed by atoms with Gasteiger partial charge in [0.2, 0.25) is 0 Å². The van der Waals surface area contributed by atoms with Gasteiger partial charge in [-0.2, -0.15) is 0 Å². The van der Waals surface area contributed by atoms with Crippen molar-refractivity contribution in [3.8, 4) is 5.75 Å². The molecule has 1 aromatic rings. The Morgan fingerprint density at radius 3 is 3.05 bits per heavy atom. The van der Waals surface area contributed by atoms with E-state index in [4.69, 9.17) is 4.74 Å². The van der Waals surface area contributed by atoms with Gasteiger partial charge < -0.3 is 14.7 Å². The van der Waals surface area contributed by atoms with Gasteiger partial charge in [-0.05, 0) is 50.3 Å². The molecule has 1 amide bonds. The lowest BCUT2D eigenvalue weighted by atomic mass is 9.98. The number of amides is 1. The second-order valence-electron chi connectivity index (χ2n) is 5.54. The first-order valence-corrected chi connectivity index (χ1v) is 7.91. The van der Waals surface area contributed by atoms with Gasteiger partial charge in [0, 0.05) is 24.8 Å². The lowest BCUT2D eigenvalue weighted by Crippen LogP contribution is -2.44. The van der Waals surface area contributed by atoms with Crippen molar-refractivity contribution in [2.24, 2.45) is 0 Å². The molecule has 1 aliphatic heterocycles. The smallest absolute Gasteiger partial charge is 0.254 e. The first kappa shape index (κ1) is 15.8. The summed E-state index contributed by atoms with van der Waals surface area (Å²) in [6.45, 7) is 3.63. The molecule has 1 unspecified atom stereocenters. The van der Waals surface area contributed by atoms with Gasteiger partial charge in [-0.15, -0.1) is 0 Å². The normalized spacial score (nSPS) is 18.6. The number of ether oxygens (including phenoxy) is 1. The second-order valence-corrected chi connectivity index (χ2v) is 5.54. The number of carbonyl (C=O) groups is 1. The number of piperidine rings is 1. The Morgan fingerprint density at radius 1 is 1.43 bits per heavy atom. The Balaban J connectivity index is 2.10. The Kier molecular flexibility index (Phi) is 6.05. The molecule has 0 spiro atoms. The molecule has 0 saturated carbocycles. The van der Waals surface area contributed by atoms with Crippen LogP contribution in [0.1, 0.15) is 49.4 Å². The molecule has 0 radical (unpaired) electrons. The van der Waals surface area contributed by atoms with Gasteiger partial charge in [0.05, 0.1) is 6.61 Å². The fourth-order valence-corrected chi connectivity index (χ4v) is 2.82. The summed E-state index contributed by atoms with van der Waals surface area (Å²) >= 11 is 0. The summed E-state index contributed by atoms with van der Waals surface area (Å²) in [7, 11) is 0. The third kappa shape index (κ3) is 4.21. The molecule has 0 aromatic heterocycles. The molecule has 4 heteroatoms. The molecule has 21 heavy (non-hydrogen) atoms. The number of aliphatic hydroxyl groups excluding tert-OH is 1. The molecule has 4 nitrogen and oxygen atoms in total. The van der Waals surface area contributed by atoms with Crippen molar-refractivity contribution in [2.75, 3.05) is 19.8 Å². The van der Waals surface area contributed by atoms with Crippen LogP contribution in [0.3, 0.4) is 0 Å². The summed E-state index contributed by atoms with van der Waals surface area (Å²) in [5, 5.41) is 9.17. The molecule has 1 atom stereocenters. The van der Waals surface area contributed by atoms with E-state index in [0.29, 0.717) is 18.6 Å². The van der Waals surface area contributed by atoms with Gasteiger partial charge in [0.1, 0.15) is 5.75 Å². The van der Waals surface area contributed by atoms with Crippen molar-refractivity contribution in [1.29, 1.82) is 0 Å². The fraction of sp³-hybridized carbons (Fsp3) is 0.588. The highest BCUT2D eigenvalue weighted by Gasteiger charge is 2.27. The quantitative estimate of drug-likeness (QED) is 0.877. The average molecular weight is 291 g/mol. The molecule has 1 aromatic carbocycles. The summed E-state index contributed by atoms with van der Waals surface area (Å²) in [6.07, 6.45) is 4.77. The van der Waals surface area contributed by atoms with E-state index in [1.54, 1.807) is 0 Å². The van der Waals surface area contributed by atoms with Crippen molar-refractivity contribution in [1.82, 2.24) is 4.90 Å². The van der Waals surface area contributed by atoms with Gasteiger partial charge in [-0.3, -0.25) is 4.79 Å². The van der Waals surface area contributed by atoms with Crippen molar-refractivity contribution >= 4 is 5.91 Å². The van der Waals surface area contributed by atoms with Crippen LogP contribution in [0.25, 0.3) is 0 Å². The fourth-order valence-electron chi connectivity index (χ4n) is 2.82. The topological polar surface area (TPSA) is 49.8 Å². The lowest BCUT2D eigenvalue weighted by molar-refractivity contribution is 0.0574. The van der Waals surface area contributed by atoms with Crippen LogP contribution in [0, 0.1) is 0 Å². The van der Waals surface area contributed by atoms with E-state index in [1.165, 1.54) is 0 Å². The molecular formula is C17H25NO3. The van der Waals surface area contributed by atoms with Crippen molar-refractivity contribution in [3.05, 3.63) is 29.8 Å². The van der Waals surface area contributed by atoms with Crippen LogP contribution in [0.4, 0.5) is 0 Å². The van der Waals surface area contributed by atoms with Crippen LogP contribution in [-0.2, 0) is 0 Å². The van der Waals surface area contributed by atoms with Crippen LogP contribution in [-0.4, -0.2) is 41.7 Å². The van der Waals surface area contributed by atoms with E-state index in [-0.39, 0.29) is 18.6 Å². The number of carbonyl (C=O) groups excluding carboxylic acids is 1. The van der Waals surface area contributed by atoms with E-state index < -0.39 is 0 Å². The third-order valence-electron chi connectivity index (χ3n) is 3.90. The number of likely N-dealkylation sites (tertiary alicyclic amines) is 1. The number of rotatable bonds is 6. The van der Waals surface area contributed by atoms with E-state index in [2.05, 4.69) is 6.92 Å². The maximum atomic E-state index is 12.7. The van der Waals surface area contributed by atoms with Crippen molar-refractivity contribution in [3.63, 3.8) is 0 Å². The molecule has 1 fully saturated rings. The highest BCUT2D eigenvalue weighted by molar-refractivity contribution is 5.94. The minimum absolute atomic E-state index is 0.0510. The van der Waals surface area contributed by atoms with Gasteiger partial charge in [0.15, 0.2) is 0 Å². The lowest BCUT2D eigenvalue weighted by Gasteiger charge is -2.35. The van der Waals surface area contributed by atoms with Gasteiger partial charge in [0.25, 0.3) is 5.91 Å². The first-order chi connectivity index (χ1) is 10.3. The Morgan fingerprint density at radius 2 is 2.29 bits per heavy atom. The zero-order valence-corrected chi connectivity index (χ0v) is 12.8. The third-order valence-corrected chi connectivity index (χ3v) is 3.90. The Hall–Kier alpha value is -1.55. The summed E-state index contributed by atoms with van der Waals surface area (Å²) in [5.41, 5.74) is 0.674. The maximum Gasteiger partial charge on any atom is 0.254 e. The summed E-state index contributed by atoms with van der Waals surface area (Å²) in [4.78, 5) is 14.6. The predicted molar refractivity (Wildman–Crippen MR) is 82.6 cm³/mol. The molecule has 0 aliphatic carbocycles.